The number of nitrogens with two attached hydrogens (primary N) is 3. The van der Waals surface area contributed by atoms with Gasteiger partial charge in [-0.3, -0.25) is 9.13 Å². The van der Waals surface area contributed by atoms with Crippen molar-refractivity contribution in [3.63, 3.8) is 0 Å². The van der Waals surface area contributed by atoms with Crippen molar-refractivity contribution in [1.29, 1.82) is 0 Å². The van der Waals surface area contributed by atoms with E-state index in [9.17, 15) is 9.59 Å². The molecule has 6 fully saturated rings. The number of benzene rings is 1. The molecule has 6 aliphatic rings. The van der Waals surface area contributed by atoms with Crippen LogP contribution in [0.25, 0.3) is 22.3 Å². The second-order valence-corrected chi connectivity index (χ2v) is 20.3. The molecule has 16 N–H and O–H groups in total. The van der Waals surface area contributed by atoms with Crippen molar-refractivity contribution in [3.8, 4) is 0 Å². The topological polar surface area (TPSA) is 513 Å². The number of anilines is 3. The van der Waals surface area contributed by atoms with Gasteiger partial charge in [0.25, 0.3) is 0 Å². The number of aliphatic carboxylic acids is 1. The Kier molecular flexibility index (Phi) is 38.4. The number of nitrogens with zero attached hydrogens (tertiary/aromatic N) is 8. The number of alkyl halides is 2. The minimum absolute atomic E-state index is 0. The summed E-state index contributed by atoms with van der Waals surface area (Å²) in [6, 6.07) is 6.58. The molecule has 11 rings (SSSR count). The zero-order chi connectivity index (χ0) is 67.0. The Bertz CT molecular complexity index is 2770. The van der Waals surface area contributed by atoms with Gasteiger partial charge in [-0.15, -0.1) is 23.2 Å². The number of rotatable bonds is 16. The molecular weight excluding hydrogens is 1310 g/mol. The Morgan fingerprint density at radius 3 is 1.55 bits per heavy atom. The molecule has 0 radical (unpaired) electrons. The second kappa shape index (κ2) is 43.7. The highest BCUT2D eigenvalue weighted by Crippen LogP contribution is 2.29. The van der Waals surface area contributed by atoms with Gasteiger partial charge in [-0.2, -0.15) is 19.9 Å². The fourth-order valence-electron chi connectivity index (χ4n) is 7.64. The number of imidazole rings is 2. The van der Waals surface area contributed by atoms with Crippen LogP contribution in [0.4, 0.5) is 17.7 Å². The molecule has 10 heterocycles. The van der Waals surface area contributed by atoms with Gasteiger partial charge in [0, 0.05) is 5.02 Å². The summed E-state index contributed by atoms with van der Waals surface area (Å²) < 4.78 is 71.3. The number of carbonyl (C=O) groups is 3. The van der Waals surface area contributed by atoms with E-state index in [1.54, 1.807) is 39.7 Å². The van der Waals surface area contributed by atoms with Gasteiger partial charge in [0.15, 0.2) is 78.6 Å². The maximum absolute atomic E-state index is 11.7. The van der Waals surface area contributed by atoms with Crippen LogP contribution in [0, 0.1) is 0 Å². The Hall–Kier alpha value is -5.27. The number of ether oxygens (including phenoxy) is 13. The minimum atomic E-state index is -0.954. The Morgan fingerprint density at radius 1 is 0.641 bits per heavy atom. The van der Waals surface area contributed by atoms with Gasteiger partial charge in [-0.05, 0) is 43.9 Å². The number of hydrogen-bond acceptors (Lipinski definition) is 32. The summed E-state index contributed by atoms with van der Waals surface area (Å²) in [5, 5.41) is 59.2. The smallest absolute Gasteiger partial charge is 0.340 e. The highest BCUT2D eigenvalue weighted by Gasteiger charge is 2.33. The van der Waals surface area contributed by atoms with Gasteiger partial charge in [0.05, 0.1) is 96.0 Å². The van der Waals surface area contributed by atoms with Crippen LogP contribution in [0.5, 0.6) is 0 Å². The SMILES string of the molecule is CCC1OCC(C(=O)O)O1.CCC1OCC(CO)O1.CCC1OCC(OC(=O)c2cccc(Cl)c2)O1.CCC1OCC(n2cnc3c(Cl)nc(N)nc32)O1.N.Nc1nc(N)c2ncn(C3COC(CO)O3)c2n1.O=CCCl.OCC(O)CO.OCC1COC(CCl)O1. The lowest BCUT2D eigenvalue weighted by Gasteiger charge is -2.11. The molecule has 0 spiro atoms. The number of aromatic nitrogens is 8. The van der Waals surface area contributed by atoms with Crippen LogP contribution >= 0.6 is 46.4 Å². The quantitative estimate of drug-likeness (QED) is 0.0291. The van der Waals surface area contributed by atoms with E-state index in [4.69, 9.17) is 166 Å². The second-order valence-electron chi connectivity index (χ2n) is 18.9. The number of halogens is 4. The average molecular weight is 1400 g/mol. The molecule has 0 aliphatic carbocycles. The number of carboxylic acids is 1. The van der Waals surface area contributed by atoms with Gasteiger partial charge in [0.2, 0.25) is 18.2 Å². The number of carboxylic acid groups (broad SMARTS) is 1. The lowest BCUT2D eigenvalue weighted by atomic mass is 10.2. The molecule has 4 aromatic heterocycles. The summed E-state index contributed by atoms with van der Waals surface area (Å²) in [7, 11) is 0. The Labute approximate surface area is 547 Å². The normalized spacial score (nSPS) is 25.1. The van der Waals surface area contributed by atoms with Crippen molar-refractivity contribution < 1.29 is 112 Å². The van der Waals surface area contributed by atoms with Gasteiger partial charge in [-0.25, -0.2) is 19.6 Å². The van der Waals surface area contributed by atoms with E-state index in [0.717, 1.165) is 19.3 Å². The third-order valence-electron chi connectivity index (χ3n) is 12.1. The molecule has 35 nitrogen and oxygen atoms in total. The maximum Gasteiger partial charge on any atom is 0.340 e. The first-order valence-corrected chi connectivity index (χ1v) is 30.1. The number of fused-ring (bicyclic) bond motifs is 2. The highest BCUT2D eigenvalue weighted by atomic mass is 35.5. The van der Waals surface area contributed by atoms with Gasteiger partial charge in [0.1, 0.15) is 42.2 Å². The number of nitrogen functional groups attached to an aromatic ring is 3. The zero-order valence-corrected chi connectivity index (χ0v) is 53.8. The van der Waals surface area contributed by atoms with Crippen LogP contribution < -0.4 is 23.4 Å². The first kappa shape index (κ1) is 81.0. The first-order chi connectivity index (χ1) is 43.7. The van der Waals surface area contributed by atoms with E-state index in [0.29, 0.717) is 77.9 Å². The predicted octanol–water partition coefficient (Wildman–Crippen LogP) is 2.03. The molecule has 520 valence electrons. The van der Waals surface area contributed by atoms with Gasteiger partial charge in [-0.1, -0.05) is 57.0 Å². The molecule has 0 saturated carbocycles. The number of hydrogen-bond donors (Lipinski definition) is 11. The van der Waals surface area contributed by atoms with E-state index >= 15 is 0 Å². The van der Waals surface area contributed by atoms with Gasteiger partial charge < -0.3 is 125 Å². The molecule has 12 unspecified atom stereocenters. The third kappa shape index (κ3) is 26.5. The van der Waals surface area contributed by atoms with Crippen LogP contribution in [0.15, 0.2) is 36.9 Å². The third-order valence-corrected chi connectivity index (χ3v) is 13.0. The van der Waals surface area contributed by atoms with E-state index in [1.165, 1.54) is 6.33 Å². The lowest BCUT2D eigenvalue weighted by molar-refractivity contribution is -0.150. The minimum Gasteiger partial charge on any atom is -0.479 e. The average Bonchev–Trinajstić information content (AvgIpc) is 1.65. The standard InChI is InChI=1S/C12H13ClO4.C10H12ClN5O2.C9H12N6O3.C6H10O4.C6H12O3.C5H9ClO3.C3H8O3.C2H3ClO.H3N/c1-2-10-15-7-11(16-10)17-12(14)8-4-3-5-9(13)6-8;1-2-6-17-3-5(18-6)16-4-13-7-8(11)14-10(12)15-9(7)16;10-7-6-8(14-9(11)13-7)15(3-12-6)4-2-17-5(1-16)18-4;1-2-5-9-3-4(10-5)6(7)8;1-2-6-8-4-5(3-7)9-6;6-1-5-8-3-4(2-7)9-5;4-1-3(6)2-5;3-1-2-4;/h3-6,10-11H,2,7H2,1H3;4-6H,2-3H2,1H3,(H2,12,14,15);3-5,16H,1-2H2,(H4,10,11,13,14);4-5H,2-3H2,1H3,(H,7,8);5-7H,2-4H2,1H3;4-5,7H,1-3H2;3-6H,1-2H2;2H,1H2;1H3. The Balaban J connectivity index is 0.000000285. The maximum atomic E-state index is 11.7. The molecule has 5 aromatic rings. The summed E-state index contributed by atoms with van der Waals surface area (Å²) in [5.74, 6) is -0.571. The number of esters is 1. The molecule has 6 saturated heterocycles. The number of aldehydes is 1. The number of aliphatic hydroxyl groups is 6. The van der Waals surface area contributed by atoms with Crippen molar-refractivity contribution in [1.82, 2.24) is 45.2 Å². The van der Waals surface area contributed by atoms with Crippen LogP contribution in [0.2, 0.25) is 10.2 Å². The first-order valence-electron chi connectivity index (χ1n) is 28.3. The Morgan fingerprint density at radius 2 is 1.12 bits per heavy atom. The van der Waals surface area contributed by atoms with E-state index < -0.39 is 43.0 Å². The van der Waals surface area contributed by atoms with Gasteiger partial charge >= 0.3 is 11.9 Å². The summed E-state index contributed by atoms with van der Waals surface area (Å²) in [4.78, 5) is 55.2. The molecule has 92 heavy (non-hydrogen) atoms. The largest absolute Gasteiger partial charge is 0.479 e. The highest BCUT2D eigenvalue weighted by molar-refractivity contribution is 6.33. The fraction of sp³-hybridized carbons (Fsp3) is 0.642. The van der Waals surface area contributed by atoms with Crippen LogP contribution in [-0.4, -0.2) is 246 Å². The lowest BCUT2D eigenvalue weighted by Crippen LogP contribution is -2.22. The van der Waals surface area contributed by atoms with Crippen LogP contribution in [0.1, 0.15) is 76.2 Å². The monoisotopic (exact) mass is 1390 g/mol. The molecule has 6 aliphatic heterocycles. The molecule has 1 aromatic carbocycles. The van der Waals surface area contributed by atoms with Crippen LogP contribution in [0.3, 0.4) is 0 Å². The number of aliphatic hydroxyl groups excluding tert-OH is 6. The fourth-order valence-corrected chi connectivity index (χ4v) is 8.21. The molecule has 0 bridgehead atoms. The van der Waals surface area contributed by atoms with Crippen molar-refractivity contribution in [2.75, 3.05) is 102 Å². The summed E-state index contributed by atoms with van der Waals surface area (Å²) in [6.07, 6.45) is 1.75. The van der Waals surface area contributed by atoms with Crippen LogP contribution in [-0.2, 0) is 71.2 Å². The summed E-state index contributed by atoms with van der Waals surface area (Å²) in [5.41, 5.74) is 19.2. The molecule has 39 heteroatoms. The molecule has 12 atom stereocenters. The molecule has 0 amide bonds. The van der Waals surface area contributed by atoms with E-state index in [1.807, 2.05) is 27.7 Å². The van der Waals surface area contributed by atoms with E-state index in [-0.39, 0.29) is 131 Å². The predicted molar refractivity (Wildman–Crippen MR) is 327 cm³/mol. The van der Waals surface area contributed by atoms with E-state index in [2.05, 4.69) is 29.9 Å². The molecular formula is C53H82Cl4N12O23. The summed E-state index contributed by atoms with van der Waals surface area (Å²) >= 11 is 22.0. The van der Waals surface area contributed by atoms with Crippen molar-refractivity contribution in [2.24, 2.45) is 0 Å². The number of carbonyl (C=O) groups excluding carboxylic acids is 2. The van der Waals surface area contributed by atoms with Crippen molar-refractivity contribution in [2.45, 2.75) is 134 Å². The summed E-state index contributed by atoms with van der Waals surface area (Å²) in [6.45, 7) is 9.12. The zero-order valence-electron chi connectivity index (χ0n) is 50.8. The van der Waals surface area contributed by atoms with Crippen molar-refractivity contribution in [3.05, 3.63) is 52.7 Å². The van der Waals surface area contributed by atoms with Crippen molar-refractivity contribution >= 4 is 105 Å².